The van der Waals surface area contributed by atoms with Crippen molar-refractivity contribution in [2.45, 2.75) is 32.3 Å². The van der Waals surface area contributed by atoms with Crippen LogP contribution in [0, 0.1) is 6.92 Å². The quantitative estimate of drug-likeness (QED) is 0.782. The first kappa shape index (κ1) is 14.0. The maximum atomic E-state index is 12.3. The van der Waals surface area contributed by atoms with Gasteiger partial charge in [0.15, 0.2) is 5.78 Å². The molecule has 1 aliphatic rings. The van der Waals surface area contributed by atoms with Crippen LogP contribution in [0.1, 0.15) is 46.0 Å². The van der Waals surface area contributed by atoms with E-state index in [1.165, 1.54) is 11.1 Å². The molecule has 0 aliphatic heterocycles. The number of rotatable bonds is 4. The Morgan fingerprint density at radius 1 is 1.14 bits per heavy atom. The van der Waals surface area contributed by atoms with Crippen molar-refractivity contribution < 1.29 is 9.53 Å². The fourth-order valence-electron chi connectivity index (χ4n) is 3.02. The molecule has 1 atom stereocenters. The van der Waals surface area contributed by atoms with Gasteiger partial charge in [-0.1, -0.05) is 48.5 Å². The van der Waals surface area contributed by atoms with Gasteiger partial charge in [0.1, 0.15) is 6.61 Å². The van der Waals surface area contributed by atoms with Gasteiger partial charge < -0.3 is 4.74 Å². The van der Waals surface area contributed by atoms with Crippen molar-refractivity contribution in [2.24, 2.45) is 0 Å². The molecule has 0 spiro atoms. The molecule has 108 valence electrons. The summed E-state index contributed by atoms with van der Waals surface area (Å²) in [5.74, 6) is 0.0659. The number of carbonyl (C=O) groups is 1. The van der Waals surface area contributed by atoms with Crippen molar-refractivity contribution >= 4 is 5.78 Å². The lowest BCUT2D eigenvalue weighted by molar-refractivity contribution is 0.0371. The zero-order valence-electron chi connectivity index (χ0n) is 12.3. The summed E-state index contributed by atoms with van der Waals surface area (Å²) in [4.78, 5) is 12.3. The average molecular weight is 280 g/mol. The summed E-state index contributed by atoms with van der Waals surface area (Å²) in [7, 11) is 0. The molecule has 0 radical (unpaired) electrons. The lowest BCUT2D eigenvalue weighted by Crippen LogP contribution is -2.17. The minimum atomic E-state index is 0.0583. The Bertz CT molecular complexity index is 646. The lowest BCUT2D eigenvalue weighted by atomic mass is 9.89. The number of hydrogen-bond donors (Lipinski definition) is 0. The second-order valence-electron chi connectivity index (χ2n) is 5.63. The van der Waals surface area contributed by atoms with E-state index in [9.17, 15) is 4.79 Å². The van der Waals surface area contributed by atoms with Gasteiger partial charge in [0.25, 0.3) is 0 Å². The molecule has 2 aromatic rings. The predicted molar refractivity (Wildman–Crippen MR) is 83.6 cm³/mol. The fraction of sp³-hybridized carbons (Fsp3) is 0.316. The van der Waals surface area contributed by atoms with Crippen molar-refractivity contribution in [1.82, 2.24) is 0 Å². The molecular weight excluding hydrogens is 260 g/mol. The number of carbonyl (C=O) groups excluding carboxylic acids is 1. The first-order valence-electron chi connectivity index (χ1n) is 7.54. The van der Waals surface area contributed by atoms with Gasteiger partial charge in [-0.2, -0.15) is 0 Å². The summed E-state index contributed by atoms with van der Waals surface area (Å²) in [6.07, 6.45) is 3.29. The molecule has 2 nitrogen and oxygen atoms in total. The molecule has 21 heavy (non-hydrogen) atoms. The Balaban J connectivity index is 1.69. The van der Waals surface area contributed by atoms with Crippen molar-refractivity contribution in [1.29, 1.82) is 0 Å². The Labute approximate surface area is 125 Å². The molecule has 0 heterocycles. The number of Topliss-reactive ketones (excluding diaryl/α,β-unsaturated/α-hetero) is 1. The molecule has 0 amide bonds. The summed E-state index contributed by atoms with van der Waals surface area (Å²) >= 11 is 0. The summed E-state index contributed by atoms with van der Waals surface area (Å²) in [5, 5.41) is 0. The highest BCUT2D eigenvalue weighted by atomic mass is 16.5. The maximum absolute atomic E-state index is 12.3. The summed E-state index contributed by atoms with van der Waals surface area (Å²) < 4.78 is 5.93. The molecule has 0 saturated heterocycles. The van der Waals surface area contributed by atoms with E-state index in [0.29, 0.717) is 0 Å². The van der Waals surface area contributed by atoms with Gasteiger partial charge in [0, 0.05) is 5.56 Å². The number of fused-ring (bicyclic) bond motifs is 1. The monoisotopic (exact) mass is 280 g/mol. The van der Waals surface area contributed by atoms with Crippen molar-refractivity contribution in [3.8, 4) is 0 Å². The largest absolute Gasteiger partial charge is 0.365 e. The normalized spacial score (nSPS) is 17.3. The van der Waals surface area contributed by atoms with Crippen molar-refractivity contribution in [3.63, 3.8) is 0 Å². The van der Waals surface area contributed by atoms with Gasteiger partial charge in [-0.3, -0.25) is 4.79 Å². The highest BCUT2D eigenvalue weighted by Crippen LogP contribution is 2.32. The second-order valence-corrected chi connectivity index (χ2v) is 5.63. The summed E-state index contributed by atoms with van der Waals surface area (Å²) in [5.41, 5.74) is 4.38. The summed E-state index contributed by atoms with van der Waals surface area (Å²) in [6.45, 7) is 2.12. The Morgan fingerprint density at radius 3 is 2.76 bits per heavy atom. The topological polar surface area (TPSA) is 26.3 Å². The number of benzene rings is 2. The van der Waals surface area contributed by atoms with Crippen LogP contribution in [0.5, 0.6) is 0 Å². The van der Waals surface area contributed by atoms with Gasteiger partial charge in [-0.15, -0.1) is 0 Å². The van der Waals surface area contributed by atoms with E-state index in [0.717, 1.165) is 30.4 Å². The highest BCUT2D eigenvalue weighted by Gasteiger charge is 2.21. The van der Waals surface area contributed by atoms with Crippen LogP contribution in [0.25, 0.3) is 0 Å². The van der Waals surface area contributed by atoms with Gasteiger partial charge >= 0.3 is 0 Å². The van der Waals surface area contributed by atoms with Crippen LogP contribution in [0.3, 0.4) is 0 Å². The van der Waals surface area contributed by atoms with Crippen LogP contribution in [-0.4, -0.2) is 12.4 Å². The minimum absolute atomic E-state index is 0.0583. The van der Waals surface area contributed by atoms with Crippen LogP contribution in [0.15, 0.2) is 48.5 Å². The third kappa shape index (κ3) is 3.06. The molecule has 1 aliphatic carbocycles. The Hall–Kier alpha value is -1.93. The molecule has 0 fully saturated rings. The van der Waals surface area contributed by atoms with E-state index >= 15 is 0 Å². The van der Waals surface area contributed by atoms with Gasteiger partial charge in [0.2, 0.25) is 0 Å². The first-order valence-corrected chi connectivity index (χ1v) is 7.54. The fourth-order valence-corrected chi connectivity index (χ4v) is 3.02. The molecule has 2 aromatic carbocycles. The zero-order valence-corrected chi connectivity index (χ0v) is 12.3. The standard InChI is InChI=1S/C19H20O2/c1-14-7-2-4-10-16(14)18(20)13-21-19-12-6-9-15-8-3-5-11-17(15)19/h2-5,7-8,10-11,19H,6,9,12-13H2,1H3. The van der Waals surface area contributed by atoms with E-state index in [1.807, 2.05) is 37.3 Å². The van der Waals surface area contributed by atoms with E-state index in [2.05, 4.69) is 18.2 Å². The molecule has 0 aromatic heterocycles. The van der Waals surface area contributed by atoms with Crippen LogP contribution < -0.4 is 0 Å². The third-order valence-electron chi connectivity index (χ3n) is 4.18. The molecule has 2 heteroatoms. The van der Waals surface area contributed by atoms with Crippen LogP contribution in [0.4, 0.5) is 0 Å². The molecule has 1 unspecified atom stereocenters. The predicted octanol–water partition coefficient (Wildman–Crippen LogP) is 4.27. The van der Waals surface area contributed by atoms with Gasteiger partial charge in [0.05, 0.1) is 6.10 Å². The molecule has 3 rings (SSSR count). The molecule has 0 saturated carbocycles. The van der Waals surface area contributed by atoms with Crippen molar-refractivity contribution in [3.05, 3.63) is 70.8 Å². The smallest absolute Gasteiger partial charge is 0.188 e. The van der Waals surface area contributed by atoms with Crippen LogP contribution in [-0.2, 0) is 11.2 Å². The average Bonchev–Trinajstić information content (AvgIpc) is 2.53. The van der Waals surface area contributed by atoms with E-state index in [4.69, 9.17) is 4.74 Å². The second kappa shape index (κ2) is 6.23. The number of hydrogen-bond acceptors (Lipinski definition) is 2. The molecule has 0 N–H and O–H groups in total. The summed E-state index contributed by atoms with van der Waals surface area (Å²) in [6, 6.07) is 16.1. The van der Waals surface area contributed by atoms with E-state index in [-0.39, 0.29) is 18.5 Å². The highest BCUT2D eigenvalue weighted by molar-refractivity contribution is 5.98. The van der Waals surface area contributed by atoms with Crippen molar-refractivity contribution in [2.75, 3.05) is 6.61 Å². The number of ketones is 1. The van der Waals surface area contributed by atoms with Gasteiger partial charge in [-0.05, 0) is 42.9 Å². The SMILES string of the molecule is Cc1ccccc1C(=O)COC1CCCc2ccccc21. The zero-order chi connectivity index (χ0) is 14.7. The van der Waals surface area contributed by atoms with E-state index < -0.39 is 0 Å². The Morgan fingerprint density at radius 2 is 1.90 bits per heavy atom. The lowest BCUT2D eigenvalue weighted by Gasteiger charge is -2.25. The molecular formula is C19H20O2. The van der Waals surface area contributed by atoms with Gasteiger partial charge in [-0.25, -0.2) is 0 Å². The first-order chi connectivity index (χ1) is 10.3. The maximum Gasteiger partial charge on any atom is 0.188 e. The Kier molecular flexibility index (Phi) is 4.16. The number of ether oxygens (including phenoxy) is 1. The van der Waals surface area contributed by atoms with Crippen LogP contribution >= 0.6 is 0 Å². The van der Waals surface area contributed by atoms with Crippen LogP contribution in [0.2, 0.25) is 0 Å². The number of aryl methyl sites for hydroxylation is 2. The minimum Gasteiger partial charge on any atom is -0.365 e. The third-order valence-corrected chi connectivity index (χ3v) is 4.18. The van der Waals surface area contributed by atoms with E-state index in [1.54, 1.807) is 0 Å². The molecule has 0 bridgehead atoms.